The number of rotatable bonds is 4. The number of halogens is 4. The van der Waals surface area contributed by atoms with Crippen molar-refractivity contribution in [1.82, 2.24) is 4.90 Å². The highest BCUT2D eigenvalue weighted by Crippen LogP contribution is 2.27. The Morgan fingerprint density at radius 1 is 1.12 bits per heavy atom. The summed E-state index contributed by atoms with van der Waals surface area (Å²) in [5, 5.41) is 2.35. The molecule has 0 aromatic heterocycles. The number of nitrogens with one attached hydrogen (secondary N) is 1. The molecule has 0 fully saturated rings. The van der Waals surface area contributed by atoms with Crippen LogP contribution in [0, 0.1) is 5.82 Å². The number of hydrogen-bond acceptors (Lipinski definition) is 2. The van der Waals surface area contributed by atoms with E-state index in [1.54, 1.807) is 6.07 Å². The van der Waals surface area contributed by atoms with Gasteiger partial charge in [0.15, 0.2) is 0 Å². The van der Waals surface area contributed by atoms with Gasteiger partial charge in [0.05, 0.1) is 12.2 Å². The van der Waals surface area contributed by atoms with Crippen LogP contribution in [0.2, 0.25) is 0 Å². The Balaban J connectivity index is 2.08. The first-order valence-corrected chi connectivity index (χ1v) is 6.86. The average Bonchev–Trinajstić information content (AvgIpc) is 2.50. The van der Waals surface area contributed by atoms with Crippen molar-refractivity contribution in [3.8, 4) is 5.75 Å². The zero-order valence-corrected chi connectivity index (χ0v) is 12.6. The molecule has 128 valence electrons. The van der Waals surface area contributed by atoms with E-state index < -0.39 is 24.0 Å². The van der Waals surface area contributed by atoms with Crippen molar-refractivity contribution in [2.45, 2.75) is 12.9 Å². The van der Waals surface area contributed by atoms with E-state index in [1.807, 2.05) is 0 Å². The lowest BCUT2D eigenvalue weighted by Crippen LogP contribution is -2.31. The van der Waals surface area contributed by atoms with Gasteiger partial charge in [-0.15, -0.1) is 13.2 Å². The maximum Gasteiger partial charge on any atom is 0.573 e. The zero-order valence-electron chi connectivity index (χ0n) is 12.6. The smallest absolute Gasteiger partial charge is 0.405 e. The molecule has 0 heterocycles. The lowest BCUT2D eigenvalue weighted by atomic mass is 10.2. The lowest BCUT2D eigenvalue weighted by molar-refractivity contribution is -0.274. The van der Waals surface area contributed by atoms with Crippen LogP contribution in [0.15, 0.2) is 48.5 Å². The van der Waals surface area contributed by atoms with Crippen LogP contribution >= 0.6 is 0 Å². The molecule has 2 amide bonds. The zero-order chi connectivity index (χ0) is 17.7. The Morgan fingerprint density at radius 2 is 1.75 bits per heavy atom. The Hall–Kier alpha value is -2.77. The molecule has 8 heteroatoms. The summed E-state index contributed by atoms with van der Waals surface area (Å²) in [6, 6.07) is 10.4. The first kappa shape index (κ1) is 17.6. The Morgan fingerprint density at radius 3 is 2.42 bits per heavy atom. The van der Waals surface area contributed by atoms with E-state index in [4.69, 9.17) is 0 Å². The van der Waals surface area contributed by atoms with E-state index in [1.165, 1.54) is 43.4 Å². The van der Waals surface area contributed by atoms with Crippen molar-refractivity contribution in [2.75, 3.05) is 12.4 Å². The van der Waals surface area contributed by atoms with Gasteiger partial charge >= 0.3 is 12.4 Å². The van der Waals surface area contributed by atoms with E-state index in [0.29, 0.717) is 0 Å². The Bertz CT molecular complexity index is 719. The number of carbonyl (C=O) groups excluding carboxylic acids is 1. The number of carbonyl (C=O) groups is 1. The second kappa shape index (κ2) is 7.20. The predicted octanol–water partition coefficient (Wildman–Crippen LogP) is 4.39. The first-order valence-electron chi connectivity index (χ1n) is 6.86. The fourth-order valence-corrected chi connectivity index (χ4v) is 1.96. The quantitative estimate of drug-likeness (QED) is 0.838. The van der Waals surface area contributed by atoms with Crippen LogP contribution in [0.4, 0.5) is 28.0 Å². The summed E-state index contributed by atoms with van der Waals surface area (Å²) < 4.78 is 54.6. The summed E-state index contributed by atoms with van der Waals surface area (Å²) in [5.74, 6) is -1.00. The Kier molecular flexibility index (Phi) is 5.28. The molecule has 24 heavy (non-hydrogen) atoms. The van der Waals surface area contributed by atoms with Crippen LogP contribution in [0.5, 0.6) is 5.75 Å². The molecule has 0 spiro atoms. The van der Waals surface area contributed by atoms with Crippen LogP contribution in [-0.4, -0.2) is 24.3 Å². The molecule has 0 atom stereocenters. The van der Waals surface area contributed by atoms with E-state index in [2.05, 4.69) is 10.1 Å². The first-order chi connectivity index (χ1) is 11.3. The van der Waals surface area contributed by atoms with E-state index in [-0.39, 0.29) is 17.8 Å². The molecular formula is C16H14F4N2O2. The number of amides is 2. The van der Waals surface area contributed by atoms with Crippen LogP contribution < -0.4 is 10.1 Å². The van der Waals surface area contributed by atoms with E-state index in [0.717, 1.165) is 11.0 Å². The van der Waals surface area contributed by atoms with Crippen molar-refractivity contribution < 1.29 is 27.1 Å². The molecular weight excluding hydrogens is 328 g/mol. The second-order valence-corrected chi connectivity index (χ2v) is 4.92. The maximum absolute atomic E-state index is 13.5. The molecule has 0 unspecified atom stereocenters. The van der Waals surface area contributed by atoms with Crippen LogP contribution in [0.3, 0.4) is 0 Å². The summed E-state index contributed by atoms with van der Waals surface area (Å²) in [7, 11) is 1.38. The number of hydrogen-bond donors (Lipinski definition) is 1. The molecule has 0 saturated heterocycles. The topological polar surface area (TPSA) is 41.6 Å². The third-order valence-electron chi connectivity index (χ3n) is 3.07. The SMILES string of the molecule is CN(Cc1ccccc1OC(F)(F)F)C(=O)Nc1ccccc1F. The molecule has 0 aliphatic rings. The Labute approximate surface area is 135 Å². The third kappa shape index (κ3) is 4.87. The largest absolute Gasteiger partial charge is 0.573 e. The van der Waals surface area contributed by atoms with Crippen molar-refractivity contribution in [2.24, 2.45) is 0 Å². The molecule has 2 aromatic carbocycles. The second-order valence-electron chi connectivity index (χ2n) is 4.92. The number of urea groups is 1. The number of benzene rings is 2. The van der Waals surface area contributed by atoms with Crippen LogP contribution in [-0.2, 0) is 6.54 Å². The van der Waals surface area contributed by atoms with E-state index >= 15 is 0 Å². The summed E-state index contributed by atoms with van der Waals surface area (Å²) in [4.78, 5) is 13.2. The summed E-state index contributed by atoms with van der Waals surface area (Å²) in [5.41, 5.74) is 0.148. The van der Waals surface area contributed by atoms with Gasteiger partial charge in [0.2, 0.25) is 0 Å². The normalized spacial score (nSPS) is 11.0. The number of ether oxygens (including phenoxy) is 1. The number of para-hydroxylation sites is 2. The highest BCUT2D eigenvalue weighted by Gasteiger charge is 2.32. The monoisotopic (exact) mass is 342 g/mol. The molecule has 0 bridgehead atoms. The minimum atomic E-state index is -4.83. The van der Waals surface area contributed by atoms with Crippen molar-refractivity contribution in [3.63, 3.8) is 0 Å². The molecule has 1 N–H and O–H groups in total. The fourth-order valence-electron chi connectivity index (χ4n) is 1.96. The van der Waals surface area contributed by atoms with Gasteiger partial charge in [0, 0.05) is 12.6 Å². The van der Waals surface area contributed by atoms with Gasteiger partial charge < -0.3 is 15.0 Å². The molecule has 0 aliphatic carbocycles. The van der Waals surface area contributed by atoms with Crippen LogP contribution in [0.1, 0.15) is 5.56 Å². The highest BCUT2D eigenvalue weighted by molar-refractivity contribution is 5.89. The average molecular weight is 342 g/mol. The predicted molar refractivity (Wildman–Crippen MR) is 80.0 cm³/mol. The van der Waals surface area contributed by atoms with E-state index in [9.17, 15) is 22.4 Å². The molecule has 0 radical (unpaired) electrons. The summed E-state index contributed by atoms with van der Waals surface area (Å²) in [6.45, 7) is -0.146. The highest BCUT2D eigenvalue weighted by atomic mass is 19.4. The maximum atomic E-state index is 13.5. The van der Waals surface area contributed by atoms with Gasteiger partial charge in [0.25, 0.3) is 0 Å². The van der Waals surface area contributed by atoms with Gasteiger partial charge in [0.1, 0.15) is 11.6 Å². The van der Waals surface area contributed by atoms with Gasteiger partial charge in [-0.2, -0.15) is 0 Å². The molecule has 0 saturated carbocycles. The minimum absolute atomic E-state index is 0.0193. The standard InChI is InChI=1S/C16H14F4N2O2/c1-22(15(23)21-13-8-4-3-7-12(13)17)10-11-6-2-5-9-14(11)24-16(18,19)20/h2-9H,10H2,1H3,(H,21,23). The van der Waals surface area contributed by atoms with Gasteiger partial charge in [-0.3, -0.25) is 0 Å². The molecule has 4 nitrogen and oxygen atoms in total. The molecule has 2 rings (SSSR count). The number of nitrogens with zero attached hydrogens (tertiary/aromatic N) is 1. The minimum Gasteiger partial charge on any atom is -0.405 e. The number of anilines is 1. The third-order valence-corrected chi connectivity index (χ3v) is 3.07. The lowest BCUT2D eigenvalue weighted by Gasteiger charge is -2.20. The molecule has 2 aromatic rings. The molecule has 0 aliphatic heterocycles. The summed E-state index contributed by atoms with van der Waals surface area (Å²) >= 11 is 0. The van der Waals surface area contributed by atoms with Crippen molar-refractivity contribution in [3.05, 3.63) is 59.9 Å². The summed E-state index contributed by atoms with van der Waals surface area (Å²) in [6.07, 6.45) is -4.83. The fraction of sp³-hybridized carbons (Fsp3) is 0.188. The van der Waals surface area contributed by atoms with Crippen molar-refractivity contribution >= 4 is 11.7 Å². The van der Waals surface area contributed by atoms with Gasteiger partial charge in [-0.25, -0.2) is 9.18 Å². The number of alkyl halides is 3. The van der Waals surface area contributed by atoms with Crippen molar-refractivity contribution in [1.29, 1.82) is 0 Å². The van der Waals surface area contributed by atoms with Gasteiger partial charge in [-0.1, -0.05) is 30.3 Å². The van der Waals surface area contributed by atoms with Gasteiger partial charge in [-0.05, 0) is 18.2 Å². The van der Waals surface area contributed by atoms with Crippen LogP contribution in [0.25, 0.3) is 0 Å².